The second-order valence-corrected chi connectivity index (χ2v) is 9.18. The Balaban J connectivity index is 1.61. The predicted molar refractivity (Wildman–Crippen MR) is 106 cm³/mol. The average molecular weight is 386 g/mol. The average Bonchev–Trinajstić information content (AvgIpc) is 2.62. The number of hydrogen-bond donors (Lipinski definition) is 3. The van der Waals surface area contributed by atoms with Gasteiger partial charge in [-0.05, 0) is 91.0 Å². The van der Waals surface area contributed by atoms with Crippen molar-refractivity contribution in [2.45, 2.75) is 64.5 Å². The first-order valence-electron chi connectivity index (χ1n) is 10.4. The predicted octanol–water partition coefficient (Wildman–Crippen LogP) is 1.43. The van der Waals surface area contributed by atoms with Crippen LogP contribution in [0, 0.1) is 5.41 Å². The Hall–Kier alpha value is -0.890. The van der Waals surface area contributed by atoms with E-state index in [1.165, 1.54) is 12.8 Å². The first-order valence-corrected chi connectivity index (χ1v) is 10.4. The fourth-order valence-corrected chi connectivity index (χ4v) is 4.21. The third-order valence-electron chi connectivity index (χ3n) is 6.03. The Kier molecular flexibility index (Phi) is 8.34. The van der Waals surface area contributed by atoms with Gasteiger partial charge in [-0.25, -0.2) is 4.79 Å². The summed E-state index contributed by atoms with van der Waals surface area (Å²) in [5, 5.41) is 21.6. The van der Waals surface area contributed by atoms with Crippen molar-refractivity contribution in [3.63, 3.8) is 0 Å². The molecule has 7 nitrogen and oxygen atoms in total. The molecule has 0 aromatic carbocycles. The molecule has 27 heavy (non-hydrogen) atoms. The van der Waals surface area contributed by atoms with Gasteiger partial charge >= 0.3 is 6.09 Å². The van der Waals surface area contributed by atoms with Crippen molar-refractivity contribution in [1.29, 1.82) is 0 Å². The Morgan fingerprint density at radius 1 is 1.07 bits per heavy atom. The molecule has 2 heterocycles. The van der Waals surface area contributed by atoms with Crippen LogP contribution >= 0.6 is 0 Å². The summed E-state index contributed by atoms with van der Waals surface area (Å²) in [6.45, 7) is 11.5. The summed E-state index contributed by atoms with van der Waals surface area (Å²) in [5.74, 6) is 0. The molecule has 0 aliphatic carbocycles. The number of amides is 1. The lowest BCUT2D eigenvalue weighted by atomic mass is 9.71. The van der Waals surface area contributed by atoms with Crippen LogP contribution in [0.1, 0.15) is 52.9 Å². The van der Waals surface area contributed by atoms with Gasteiger partial charge in [0.2, 0.25) is 0 Å². The Bertz CT molecular complexity index is 445. The number of nitrogens with one attached hydrogen (secondary N) is 1. The standard InChI is InChI=1S/C20H39N3O4/c1-19(2,3)27-18(26)21-9-4-10-22-11-5-20(6-12-22)7-13-23(14-8-20)17(15-24)16-25/h17,24-25H,4-16H2,1-3H3,(H,21,26). The highest BCUT2D eigenvalue weighted by atomic mass is 16.6. The number of rotatable bonds is 7. The minimum absolute atomic E-state index is 0.0363. The fourth-order valence-electron chi connectivity index (χ4n) is 4.21. The van der Waals surface area contributed by atoms with E-state index in [0.29, 0.717) is 12.0 Å². The van der Waals surface area contributed by atoms with Crippen LogP contribution in [0.15, 0.2) is 0 Å². The Labute approximate surface area is 164 Å². The van der Waals surface area contributed by atoms with Gasteiger partial charge in [-0.3, -0.25) is 4.90 Å². The summed E-state index contributed by atoms with van der Waals surface area (Å²) in [7, 11) is 0. The highest BCUT2D eigenvalue weighted by Crippen LogP contribution is 2.41. The minimum Gasteiger partial charge on any atom is -0.444 e. The molecule has 2 rings (SSSR count). The number of carbonyl (C=O) groups excluding carboxylic acids is 1. The molecule has 2 aliphatic rings. The summed E-state index contributed by atoms with van der Waals surface area (Å²) < 4.78 is 5.25. The van der Waals surface area contributed by atoms with Gasteiger partial charge in [-0.1, -0.05) is 0 Å². The molecule has 3 N–H and O–H groups in total. The second kappa shape index (κ2) is 10.0. The van der Waals surface area contributed by atoms with E-state index in [0.717, 1.165) is 52.0 Å². The molecule has 0 saturated carbocycles. The minimum atomic E-state index is -0.449. The zero-order chi connectivity index (χ0) is 19.9. The lowest BCUT2D eigenvalue weighted by Crippen LogP contribution is -2.51. The number of ether oxygens (including phenoxy) is 1. The second-order valence-electron chi connectivity index (χ2n) is 9.18. The molecule has 2 fully saturated rings. The summed E-state index contributed by atoms with van der Waals surface area (Å²) in [4.78, 5) is 16.4. The van der Waals surface area contributed by atoms with Gasteiger partial charge in [0.1, 0.15) is 5.60 Å². The molecule has 2 saturated heterocycles. The van der Waals surface area contributed by atoms with Gasteiger partial charge in [-0.2, -0.15) is 0 Å². The molecule has 0 bridgehead atoms. The van der Waals surface area contributed by atoms with Crippen LogP contribution in [-0.2, 0) is 4.74 Å². The lowest BCUT2D eigenvalue weighted by molar-refractivity contribution is -0.00468. The van der Waals surface area contributed by atoms with Gasteiger partial charge in [0, 0.05) is 6.54 Å². The van der Waals surface area contributed by atoms with Crippen LogP contribution in [0.5, 0.6) is 0 Å². The maximum absolute atomic E-state index is 11.6. The number of nitrogens with zero attached hydrogens (tertiary/aromatic N) is 2. The van der Waals surface area contributed by atoms with E-state index in [1.807, 2.05) is 20.8 Å². The van der Waals surface area contributed by atoms with Crippen molar-refractivity contribution in [2.75, 3.05) is 52.5 Å². The molecule has 0 unspecified atom stereocenters. The summed E-state index contributed by atoms with van der Waals surface area (Å²) in [6, 6.07) is -0.0973. The maximum Gasteiger partial charge on any atom is 0.407 e. The third kappa shape index (κ3) is 7.22. The van der Waals surface area contributed by atoms with Crippen molar-refractivity contribution in [3.8, 4) is 0 Å². The van der Waals surface area contributed by atoms with Crippen molar-refractivity contribution in [3.05, 3.63) is 0 Å². The quantitative estimate of drug-likeness (QED) is 0.575. The Morgan fingerprint density at radius 3 is 2.15 bits per heavy atom. The molecule has 0 aromatic rings. The van der Waals surface area contributed by atoms with E-state index in [4.69, 9.17) is 4.74 Å². The van der Waals surface area contributed by atoms with Crippen LogP contribution in [0.25, 0.3) is 0 Å². The van der Waals surface area contributed by atoms with Gasteiger partial charge in [0.05, 0.1) is 19.3 Å². The van der Waals surface area contributed by atoms with Gasteiger partial charge in [0.15, 0.2) is 0 Å². The number of alkyl carbamates (subject to hydrolysis) is 1. The normalized spacial score (nSPS) is 21.6. The van der Waals surface area contributed by atoms with E-state index in [9.17, 15) is 15.0 Å². The van der Waals surface area contributed by atoms with Crippen molar-refractivity contribution in [2.24, 2.45) is 5.41 Å². The molecule has 0 aromatic heterocycles. The molecule has 2 aliphatic heterocycles. The Morgan fingerprint density at radius 2 is 1.63 bits per heavy atom. The third-order valence-corrected chi connectivity index (χ3v) is 6.03. The molecule has 7 heteroatoms. The largest absolute Gasteiger partial charge is 0.444 e. The number of piperidine rings is 2. The smallest absolute Gasteiger partial charge is 0.407 e. The zero-order valence-corrected chi connectivity index (χ0v) is 17.4. The maximum atomic E-state index is 11.6. The van der Waals surface area contributed by atoms with Crippen LogP contribution in [0.3, 0.4) is 0 Å². The van der Waals surface area contributed by atoms with Crippen molar-refractivity contribution < 1.29 is 19.7 Å². The first-order chi connectivity index (χ1) is 12.8. The molecular weight excluding hydrogens is 346 g/mol. The fraction of sp³-hybridized carbons (Fsp3) is 0.950. The highest BCUT2D eigenvalue weighted by molar-refractivity contribution is 5.67. The van der Waals surface area contributed by atoms with Crippen molar-refractivity contribution in [1.82, 2.24) is 15.1 Å². The first kappa shape index (κ1) is 22.4. The number of aliphatic hydroxyl groups excluding tert-OH is 2. The van der Waals surface area contributed by atoms with E-state index >= 15 is 0 Å². The van der Waals surface area contributed by atoms with Gasteiger partial charge in [-0.15, -0.1) is 0 Å². The summed E-state index contributed by atoms with van der Waals surface area (Å²) in [5.41, 5.74) is -0.00749. The number of aliphatic hydroxyl groups is 2. The van der Waals surface area contributed by atoms with Crippen LogP contribution < -0.4 is 5.32 Å². The van der Waals surface area contributed by atoms with E-state index in [-0.39, 0.29) is 25.3 Å². The molecule has 0 atom stereocenters. The molecule has 158 valence electrons. The van der Waals surface area contributed by atoms with Gasteiger partial charge in [0.25, 0.3) is 0 Å². The number of likely N-dealkylation sites (tertiary alicyclic amines) is 2. The monoisotopic (exact) mass is 385 g/mol. The SMILES string of the molecule is CC(C)(C)OC(=O)NCCCN1CCC2(CC1)CCN(C(CO)CO)CC2. The van der Waals surface area contributed by atoms with Gasteiger partial charge < -0.3 is 25.2 Å². The molecular formula is C20H39N3O4. The van der Waals surface area contributed by atoms with Crippen LogP contribution in [0.2, 0.25) is 0 Å². The zero-order valence-electron chi connectivity index (χ0n) is 17.4. The number of hydrogen-bond acceptors (Lipinski definition) is 6. The van der Waals surface area contributed by atoms with Crippen molar-refractivity contribution >= 4 is 6.09 Å². The van der Waals surface area contributed by atoms with Crippen LogP contribution in [0.4, 0.5) is 4.79 Å². The topological polar surface area (TPSA) is 85.3 Å². The summed E-state index contributed by atoms with van der Waals surface area (Å²) in [6.07, 6.45) is 5.38. The van der Waals surface area contributed by atoms with E-state index < -0.39 is 5.60 Å². The molecule has 0 radical (unpaired) electrons. The molecule has 1 spiro atoms. The van der Waals surface area contributed by atoms with Crippen LogP contribution in [-0.4, -0.2) is 90.2 Å². The number of carbonyl (C=O) groups is 1. The lowest BCUT2D eigenvalue weighted by Gasteiger charge is -2.48. The highest BCUT2D eigenvalue weighted by Gasteiger charge is 2.38. The molecule has 1 amide bonds. The van der Waals surface area contributed by atoms with E-state index in [1.54, 1.807) is 0 Å². The summed E-state index contributed by atoms with van der Waals surface area (Å²) >= 11 is 0. The van der Waals surface area contributed by atoms with E-state index in [2.05, 4.69) is 15.1 Å².